The molecule has 30 heavy (non-hydrogen) atoms. The van der Waals surface area contributed by atoms with Gasteiger partial charge in [0.2, 0.25) is 17.6 Å². The highest BCUT2D eigenvalue weighted by Crippen LogP contribution is 2.22. The van der Waals surface area contributed by atoms with E-state index in [1.165, 1.54) is 11.7 Å². The van der Waals surface area contributed by atoms with E-state index in [0.717, 1.165) is 17.4 Å². The van der Waals surface area contributed by atoms with Crippen LogP contribution in [0.5, 0.6) is 5.75 Å². The van der Waals surface area contributed by atoms with Crippen LogP contribution in [0.1, 0.15) is 24.4 Å². The number of rotatable bonds is 5. The Kier molecular flexibility index (Phi) is 5.21. The number of benzene rings is 1. The lowest BCUT2D eigenvalue weighted by atomic mass is 10.0. The molecular formula is C20H21N5O5. The summed E-state index contributed by atoms with van der Waals surface area (Å²) in [6.07, 6.45) is 2.22. The first kappa shape index (κ1) is 19.6. The minimum Gasteiger partial charge on any atom is -0.497 e. The van der Waals surface area contributed by atoms with Crippen molar-refractivity contribution in [3.63, 3.8) is 0 Å². The van der Waals surface area contributed by atoms with Crippen molar-refractivity contribution in [2.75, 3.05) is 12.4 Å². The van der Waals surface area contributed by atoms with E-state index < -0.39 is 23.7 Å². The molecule has 1 aliphatic heterocycles. The van der Waals surface area contributed by atoms with E-state index in [4.69, 9.17) is 9.26 Å². The standard InChI is InChI=1S/C20H21N5O5/c1-12-21-18(23-30-12)17-15-8-3-4-9-24(15)20(28)25(19(17)27)11-16(26)22-13-6-5-7-14(10-13)29-2/h5-7,10H,3-4,8-9,11H2,1-2H3,(H,22,26). The quantitative estimate of drug-likeness (QED) is 0.673. The highest BCUT2D eigenvalue weighted by molar-refractivity contribution is 5.90. The summed E-state index contributed by atoms with van der Waals surface area (Å²) >= 11 is 0. The van der Waals surface area contributed by atoms with Gasteiger partial charge in [0.05, 0.1) is 7.11 Å². The number of nitrogens with one attached hydrogen (secondary N) is 1. The van der Waals surface area contributed by atoms with Crippen molar-refractivity contribution in [3.8, 4) is 17.1 Å². The van der Waals surface area contributed by atoms with Gasteiger partial charge in [-0.15, -0.1) is 0 Å². The Morgan fingerprint density at radius 1 is 1.30 bits per heavy atom. The highest BCUT2D eigenvalue weighted by Gasteiger charge is 2.26. The van der Waals surface area contributed by atoms with Crippen molar-refractivity contribution >= 4 is 11.6 Å². The number of ether oxygens (including phenoxy) is 1. The molecule has 156 valence electrons. The van der Waals surface area contributed by atoms with E-state index in [2.05, 4.69) is 15.5 Å². The Bertz CT molecular complexity index is 1220. The molecule has 0 saturated carbocycles. The van der Waals surface area contributed by atoms with Gasteiger partial charge in [-0.25, -0.2) is 4.79 Å². The van der Waals surface area contributed by atoms with Gasteiger partial charge in [0.25, 0.3) is 5.56 Å². The summed E-state index contributed by atoms with van der Waals surface area (Å²) in [4.78, 5) is 42.9. The van der Waals surface area contributed by atoms with Crippen molar-refractivity contribution in [2.45, 2.75) is 39.3 Å². The minimum absolute atomic E-state index is 0.130. The number of hydrogen-bond donors (Lipinski definition) is 1. The van der Waals surface area contributed by atoms with Crippen LogP contribution in [0.2, 0.25) is 0 Å². The Hall–Kier alpha value is -3.69. The minimum atomic E-state index is -0.602. The lowest BCUT2D eigenvalue weighted by Gasteiger charge is -2.21. The van der Waals surface area contributed by atoms with Crippen LogP contribution in [-0.2, 0) is 24.3 Å². The van der Waals surface area contributed by atoms with E-state index in [0.29, 0.717) is 36.0 Å². The van der Waals surface area contributed by atoms with Crippen molar-refractivity contribution in [3.05, 3.63) is 56.7 Å². The number of hydrogen-bond acceptors (Lipinski definition) is 7. The zero-order valence-electron chi connectivity index (χ0n) is 16.7. The van der Waals surface area contributed by atoms with E-state index in [9.17, 15) is 14.4 Å². The highest BCUT2D eigenvalue weighted by atomic mass is 16.5. The number of anilines is 1. The van der Waals surface area contributed by atoms with Crippen LogP contribution in [-0.4, -0.2) is 32.3 Å². The Balaban J connectivity index is 1.73. The number of aryl methyl sites for hydroxylation is 1. The molecule has 1 amide bonds. The molecule has 10 heteroatoms. The van der Waals surface area contributed by atoms with Gasteiger partial charge >= 0.3 is 5.69 Å². The van der Waals surface area contributed by atoms with Crippen LogP contribution < -0.4 is 21.3 Å². The summed E-state index contributed by atoms with van der Waals surface area (Å²) in [5.41, 5.74) is 0.176. The van der Waals surface area contributed by atoms with E-state index in [1.807, 2.05) is 0 Å². The van der Waals surface area contributed by atoms with Crippen LogP contribution in [0, 0.1) is 6.92 Å². The van der Waals surface area contributed by atoms with Crippen molar-refractivity contribution in [1.82, 2.24) is 19.3 Å². The normalized spacial score (nSPS) is 13.0. The van der Waals surface area contributed by atoms with E-state index >= 15 is 0 Å². The molecule has 0 unspecified atom stereocenters. The Morgan fingerprint density at radius 3 is 2.87 bits per heavy atom. The van der Waals surface area contributed by atoms with Gasteiger partial charge in [-0.1, -0.05) is 11.2 Å². The van der Waals surface area contributed by atoms with Gasteiger partial charge < -0.3 is 14.6 Å². The fourth-order valence-electron chi connectivity index (χ4n) is 3.60. The van der Waals surface area contributed by atoms with Gasteiger partial charge in [-0.3, -0.25) is 18.7 Å². The van der Waals surface area contributed by atoms with Crippen molar-refractivity contribution in [1.29, 1.82) is 0 Å². The third-order valence-electron chi connectivity index (χ3n) is 4.99. The van der Waals surface area contributed by atoms with Gasteiger partial charge in [-0.2, -0.15) is 4.98 Å². The molecule has 0 aliphatic carbocycles. The van der Waals surface area contributed by atoms with Crippen LogP contribution in [0.4, 0.5) is 5.69 Å². The Morgan fingerprint density at radius 2 is 2.13 bits per heavy atom. The van der Waals surface area contributed by atoms with Crippen LogP contribution in [0.3, 0.4) is 0 Å². The predicted molar refractivity (Wildman–Crippen MR) is 108 cm³/mol. The molecule has 3 aromatic rings. The maximum atomic E-state index is 13.2. The van der Waals surface area contributed by atoms with Gasteiger partial charge in [0, 0.05) is 30.9 Å². The summed E-state index contributed by atoms with van der Waals surface area (Å²) in [6, 6.07) is 6.81. The van der Waals surface area contributed by atoms with Crippen LogP contribution in [0.15, 0.2) is 38.4 Å². The number of aromatic nitrogens is 4. The van der Waals surface area contributed by atoms with Crippen LogP contribution in [0.25, 0.3) is 11.4 Å². The zero-order chi connectivity index (χ0) is 21.3. The number of fused-ring (bicyclic) bond motifs is 1. The summed E-state index contributed by atoms with van der Waals surface area (Å²) < 4.78 is 12.6. The SMILES string of the molecule is COc1cccc(NC(=O)Cn2c(=O)c(-c3noc(C)n3)c3n(c2=O)CCCC3)c1. The molecule has 3 heterocycles. The van der Waals surface area contributed by atoms with Gasteiger partial charge in [0.15, 0.2) is 0 Å². The molecule has 10 nitrogen and oxygen atoms in total. The maximum Gasteiger partial charge on any atom is 0.331 e. The topological polar surface area (TPSA) is 121 Å². The number of nitrogens with zero attached hydrogens (tertiary/aromatic N) is 4. The average molecular weight is 411 g/mol. The van der Waals surface area contributed by atoms with Crippen LogP contribution >= 0.6 is 0 Å². The van der Waals surface area contributed by atoms with Crippen molar-refractivity contribution in [2.24, 2.45) is 0 Å². The largest absolute Gasteiger partial charge is 0.497 e. The molecule has 1 aliphatic rings. The molecular weight excluding hydrogens is 390 g/mol. The lowest BCUT2D eigenvalue weighted by molar-refractivity contribution is -0.116. The van der Waals surface area contributed by atoms with Gasteiger partial charge in [0.1, 0.15) is 17.9 Å². The number of carbonyl (C=O) groups is 1. The predicted octanol–water partition coefficient (Wildman–Crippen LogP) is 1.35. The number of methoxy groups -OCH3 is 1. The number of carbonyl (C=O) groups excluding carboxylic acids is 1. The fraction of sp³-hybridized carbons (Fsp3) is 0.350. The molecule has 0 bridgehead atoms. The Labute approximate surface area is 171 Å². The number of amides is 1. The molecule has 0 atom stereocenters. The van der Waals surface area contributed by atoms with E-state index in [1.54, 1.807) is 31.2 Å². The molecule has 4 rings (SSSR count). The molecule has 0 spiro atoms. The van der Waals surface area contributed by atoms with Gasteiger partial charge in [-0.05, 0) is 31.4 Å². The third kappa shape index (κ3) is 3.63. The molecule has 1 aromatic carbocycles. The van der Waals surface area contributed by atoms with Crippen molar-refractivity contribution < 1.29 is 14.1 Å². The third-order valence-corrected chi connectivity index (χ3v) is 4.99. The first-order valence-corrected chi connectivity index (χ1v) is 9.59. The van der Waals surface area contributed by atoms with E-state index in [-0.39, 0.29) is 11.4 Å². The second-order valence-electron chi connectivity index (χ2n) is 7.02. The first-order valence-electron chi connectivity index (χ1n) is 9.59. The summed E-state index contributed by atoms with van der Waals surface area (Å²) in [7, 11) is 1.52. The monoisotopic (exact) mass is 411 g/mol. The lowest BCUT2D eigenvalue weighted by Crippen LogP contribution is -2.45. The summed E-state index contributed by atoms with van der Waals surface area (Å²) in [5.74, 6) is 0.514. The molecule has 2 aromatic heterocycles. The summed E-state index contributed by atoms with van der Waals surface area (Å²) in [5, 5.41) is 6.55. The maximum absolute atomic E-state index is 13.2. The molecule has 0 fully saturated rings. The second-order valence-corrected chi connectivity index (χ2v) is 7.02. The molecule has 1 N–H and O–H groups in total. The first-order chi connectivity index (χ1) is 14.5. The zero-order valence-corrected chi connectivity index (χ0v) is 16.7. The second kappa shape index (κ2) is 7.97. The summed E-state index contributed by atoms with van der Waals surface area (Å²) in [6.45, 7) is 1.66. The molecule has 0 saturated heterocycles. The average Bonchev–Trinajstić information content (AvgIpc) is 3.17. The smallest absolute Gasteiger partial charge is 0.331 e. The fourth-order valence-corrected chi connectivity index (χ4v) is 3.60. The molecule has 0 radical (unpaired) electrons.